The summed E-state index contributed by atoms with van der Waals surface area (Å²) < 4.78 is 7.69. The van der Waals surface area contributed by atoms with Crippen molar-refractivity contribution in [2.24, 2.45) is 0 Å². The highest BCUT2D eigenvalue weighted by atomic mass is 16.6. The summed E-state index contributed by atoms with van der Waals surface area (Å²) in [5, 5.41) is 22.1. The van der Waals surface area contributed by atoms with Crippen molar-refractivity contribution in [3.8, 4) is 5.75 Å². The zero-order valence-electron chi connectivity index (χ0n) is 16.9. The predicted molar refractivity (Wildman–Crippen MR) is 113 cm³/mol. The van der Waals surface area contributed by atoms with Gasteiger partial charge in [0.25, 0.3) is 5.69 Å². The first kappa shape index (κ1) is 21.3. The number of ether oxygens (including phenoxy) is 1. The highest BCUT2D eigenvalue weighted by molar-refractivity contribution is 5.85. The number of hydrogen-bond donors (Lipinski definition) is 2. The molecule has 0 radical (unpaired) electrons. The van der Waals surface area contributed by atoms with Gasteiger partial charge in [-0.15, -0.1) is 0 Å². The van der Waals surface area contributed by atoms with E-state index in [4.69, 9.17) is 4.74 Å². The van der Waals surface area contributed by atoms with Gasteiger partial charge in [-0.25, -0.2) is 4.98 Å². The molecule has 2 N–H and O–H groups in total. The molecule has 0 saturated carbocycles. The van der Waals surface area contributed by atoms with E-state index in [9.17, 15) is 20.0 Å². The molecule has 0 amide bonds. The van der Waals surface area contributed by atoms with Crippen LogP contribution in [0.15, 0.2) is 36.4 Å². The Morgan fingerprint density at radius 2 is 2.00 bits per heavy atom. The van der Waals surface area contributed by atoms with Crippen molar-refractivity contribution < 1.29 is 19.6 Å². The Bertz CT molecular complexity index is 1060. The molecule has 0 aliphatic carbocycles. The number of rotatable bonds is 4. The van der Waals surface area contributed by atoms with Crippen LogP contribution in [0.2, 0.25) is 0 Å². The molecule has 2 heterocycles. The molecule has 9 heteroatoms. The van der Waals surface area contributed by atoms with Gasteiger partial charge in [0.15, 0.2) is 0 Å². The molecular formula is C21H24N4O5. The number of aryl methyl sites for hydroxylation is 1. The Morgan fingerprint density at radius 3 is 2.60 bits per heavy atom. The fourth-order valence-electron chi connectivity index (χ4n) is 3.56. The van der Waals surface area contributed by atoms with Crippen molar-refractivity contribution in [2.75, 3.05) is 25.6 Å². The molecule has 9 nitrogen and oxygen atoms in total. The zero-order chi connectivity index (χ0) is 21.7. The molecule has 0 atom stereocenters. The Kier molecular flexibility index (Phi) is 6.63. The summed E-state index contributed by atoms with van der Waals surface area (Å²) in [5.41, 5.74) is 3.06. The number of phenols is 1. The number of hydrogen-bond acceptors (Lipinski definition) is 7. The van der Waals surface area contributed by atoms with E-state index in [0.717, 1.165) is 55.3 Å². The van der Waals surface area contributed by atoms with Gasteiger partial charge in [-0.2, -0.15) is 0 Å². The third-order valence-corrected chi connectivity index (χ3v) is 5.04. The van der Waals surface area contributed by atoms with Crippen LogP contribution in [0.1, 0.15) is 35.1 Å². The summed E-state index contributed by atoms with van der Waals surface area (Å²) in [6.07, 6.45) is 2.92. The number of non-ortho nitro benzene ring substituents is 1. The summed E-state index contributed by atoms with van der Waals surface area (Å²) in [7, 11) is 1.63. The van der Waals surface area contributed by atoms with Crippen molar-refractivity contribution >= 4 is 28.7 Å². The van der Waals surface area contributed by atoms with E-state index in [2.05, 4.69) is 14.9 Å². The molecule has 1 fully saturated rings. The van der Waals surface area contributed by atoms with E-state index in [1.807, 2.05) is 25.1 Å². The van der Waals surface area contributed by atoms with Gasteiger partial charge >= 0.3 is 0 Å². The first-order valence-corrected chi connectivity index (χ1v) is 9.61. The summed E-state index contributed by atoms with van der Waals surface area (Å²) >= 11 is 0. The number of anilines is 1. The monoisotopic (exact) mass is 412 g/mol. The van der Waals surface area contributed by atoms with E-state index in [-0.39, 0.29) is 11.4 Å². The number of nitro groups is 1. The zero-order valence-corrected chi connectivity index (χ0v) is 16.9. The topological polar surface area (TPSA) is 120 Å². The minimum atomic E-state index is -0.556. The predicted octanol–water partition coefficient (Wildman–Crippen LogP) is 3.85. The Labute approximate surface area is 173 Å². The second-order valence-electron chi connectivity index (χ2n) is 6.95. The van der Waals surface area contributed by atoms with Crippen LogP contribution in [0, 0.1) is 17.0 Å². The molecule has 30 heavy (non-hydrogen) atoms. The minimum Gasteiger partial charge on any atom is -0.506 e. The summed E-state index contributed by atoms with van der Waals surface area (Å²) in [6.45, 7) is 3.66. The number of nitrogens with zero attached hydrogens (tertiary/aromatic N) is 3. The van der Waals surface area contributed by atoms with Crippen molar-refractivity contribution in [1.82, 2.24) is 9.55 Å². The average Bonchev–Trinajstić information content (AvgIpc) is 3.09. The maximum Gasteiger partial charge on any atom is 0.273 e. The number of carbonyl (C=O) groups is 1. The second-order valence-corrected chi connectivity index (χ2v) is 6.95. The van der Waals surface area contributed by atoms with E-state index >= 15 is 0 Å². The van der Waals surface area contributed by atoms with Crippen LogP contribution in [0.4, 0.5) is 11.4 Å². The lowest BCUT2D eigenvalue weighted by molar-refractivity contribution is -0.384. The van der Waals surface area contributed by atoms with Crippen LogP contribution >= 0.6 is 0 Å². The normalized spacial score (nSPS) is 14.1. The molecule has 1 saturated heterocycles. The van der Waals surface area contributed by atoms with Crippen LogP contribution in [0.25, 0.3) is 11.0 Å². The summed E-state index contributed by atoms with van der Waals surface area (Å²) in [5.74, 6) is 0.895. The van der Waals surface area contributed by atoms with Gasteiger partial charge < -0.3 is 19.7 Å². The van der Waals surface area contributed by atoms with Crippen molar-refractivity contribution in [2.45, 2.75) is 25.8 Å². The fraction of sp³-hybridized carbons (Fsp3) is 0.333. The maximum absolute atomic E-state index is 10.8. The quantitative estimate of drug-likeness (QED) is 0.289. The molecule has 3 aromatic rings. The maximum atomic E-state index is 10.8. The molecular weight excluding hydrogens is 388 g/mol. The minimum absolute atomic E-state index is 0.119. The van der Waals surface area contributed by atoms with E-state index < -0.39 is 4.92 Å². The molecule has 1 aromatic heterocycles. The number of nitrogens with one attached hydrogen (secondary N) is 1. The molecule has 0 spiro atoms. The lowest BCUT2D eigenvalue weighted by Crippen LogP contribution is -2.20. The standard InChI is InChI=1S/C14H16N2O2.C7H8N2O3/c1-10-15-13-8-11(9-17)2-3-14(13)16(10)12-4-6-18-7-5-12;1-8-6-3-2-5(9(11)12)4-7(6)10/h2-3,8-9,12H,4-7H2,1H3;2-4,8,10H,1H3. The molecule has 0 unspecified atom stereocenters. The SMILES string of the molecule is CNc1ccc([N+](=O)[O-])cc1O.Cc1nc2cc(C=O)ccc2n1C1CCOCC1. The van der Waals surface area contributed by atoms with Crippen molar-refractivity contribution in [3.05, 3.63) is 57.9 Å². The number of benzene rings is 2. The van der Waals surface area contributed by atoms with Gasteiger partial charge in [-0.05, 0) is 44.0 Å². The van der Waals surface area contributed by atoms with Crippen LogP contribution in [0.3, 0.4) is 0 Å². The number of aromatic hydroxyl groups is 1. The highest BCUT2D eigenvalue weighted by Crippen LogP contribution is 2.28. The Morgan fingerprint density at radius 1 is 1.27 bits per heavy atom. The Hall–Kier alpha value is -3.46. The highest BCUT2D eigenvalue weighted by Gasteiger charge is 2.20. The van der Waals surface area contributed by atoms with Crippen LogP contribution in [0.5, 0.6) is 5.75 Å². The average molecular weight is 412 g/mol. The fourth-order valence-corrected chi connectivity index (χ4v) is 3.56. The van der Waals surface area contributed by atoms with Crippen LogP contribution < -0.4 is 5.32 Å². The van der Waals surface area contributed by atoms with Gasteiger partial charge in [0.2, 0.25) is 0 Å². The lowest BCUT2D eigenvalue weighted by Gasteiger charge is -2.25. The first-order chi connectivity index (χ1) is 14.4. The third-order valence-electron chi connectivity index (χ3n) is 5.04. The van der Waals surface area contributed by atoms with Gasteiger partial charge in [-0.1, -0.05) is 0 Å². The number of carbonyl (C=O) groups excluding carboxylic acids is 1. The van der Waals surface area contributed by atoms with Crippen LogP contribution in [-0.2, 0) is 4.74 Å². The number of fused-ring (bicyclic) bond motifs is 1. The van der Waals surface area contributed by atoms with Crippen molar-refractivity contribution in [3.63, 3.8) is 0 Å². The summed E-state index contributed by atoms with van der Waals surface area (Å²) in [6, 6.07) is 10.0. The van der Waals surface area contributed by atoms with Crippen molar-refractivity contribution in [1.29, 1.82) is 0 Å². The van der Waals surface area contributed by atoms with Gasteiger partial charge in [0.1, 0.15) is 17.9 Å². The molecule has 1 aliphatic heterocycles. The number of aromatic nitrogens is 2. The van der Waals surface area contributed by atoms with E-state index in [1.54, 1.807) is 7.05 Å². The number of aldehydes is 1. The van der Waals surface area contributed by atoms with Gasteiger partial charge in [0, 0.05) is 37.9 Å². The molecule has 4 rings (SSSR count). The van der Waals surface area contributed by atoms with E-state index in [1.165, 1.54) is 12.1 Å². The number of nitro benzene ring substituents is 1. The Balaban J connectivity index is 0.000000187. The number of phenolic OH excluding ortho intramolecular Hbond substituents is 1. The first-order valence-electron chi connectivity index (χ1n) is 9.61. The number of imidazole rings is 1. The second kappa shape index (κ2) is 9.36. The van der Waals surface area contributed by atoms with Gasteiger partial charge in [0.05, 0.1) is 27.7 Å². The smallest absolute Gasteiger partial charge is 0.273 e. The third kappa shape index (κ3) is 4.57. The van der Waals surface area contributed by atoms with Gasteiger partial charge in [-0.3, -0.25) is 14.9 Å². The largest absolute Gasteiger partial charge is 0.506 e. The lowest BCUT2D eigenvalue weighted by atomic mass is 10.1. The van der Waals surface area contributed by atoms with Crippen LogP contribution in [-0.4, -0.2) is 46.1 Å². The van der Waals surface area contributed by atoms with E-state index in [0.29, 0.717) is 17.3 Å². The molecule has 2 aromatic carbocycles. The molecule has 1 aliphatic rings. The summed E-state index contributed by atoms with van der Waals surface area (Å²) in [4.78, 5) is 25.0. The molecule has 0 bridgehead atoms. The molecule has 158 valence electrons.